The van der Waals surface area contributed by atoms with Crippen LogP contribution in [0.1, 0.15) is 24.3 Å². The highest BCUT2D eigenvalue weighted by Gasteiger charge is 2.21. The number of nitriles is 1. The summed E-state index contributed by atoms with van der Waals surface area (Å²) < 4.78 is 10.7. The van der Waals surface area contributed by atoms with Crippen molar-refractivity contribution in [3.05, 3.63) is 23.8 Å². The van der Waals surface area contributed by atoms with Gasteiger partial charge in [0.05, 0.1) is 19.8 Å². The Balaban J connectivity index is 2.33. The summed E-state index contributed by atoms with van der Waals surface area (Å²) in [5.74, 6) is 1.97. The van der Waals surface area contributed by atoms with Crippen LogP contribution in [-0.4, -0.2) is 13.7 Å². The van der Waals surface area contributed by atoms with Crippen LogP contribution in [-0.2, 0) is 0 Å². The summed E-state index contributed by atoms with van der Waals surface area (Å²) in [4.78, 5) is 0. The lowest BCUT2D eigenvalue weighted by Gasteiger charge is -2.24. The Bertz CT molecular complexity index is 395. The first kappa shape index (κ1) is 9.85. The average Bonchev–Trinajstić information content (AvgIpc) is 2.29. The predicted molar refractivity (Wildman–Crippen MR) is 56.1 cm³/mol. The maximum absolute atomic E-state index is 8.73. The summed E-state index contributed by atoms with van der Waals surface area (Å²) >= 11 is 0. The maximum Gasteiger partial charge on any atom is 0.126 e. The number of fused-ring (bicyclic) bond motifs is 1. The van der Waals surface area contributed by atoms with Crippen LogP contribution in [0, 0.1) is 11.3 Å². The van der Waals surface area contributed by atoms with Gasteiger partial charge in [-0.3, -0.25) is 0 Å². The van der Waals surface area contributed by atoms with Gasteiger partial charge in [-0.2, -0.15) is 5.26 Å². The smallest absolute Gasteiger partial charge is 0.126 e. The van der Waals surface area contributed by atoms with Crippen molar-refractivity contribution in [3.63, 3.8) is 0 Å². The van der Waals surface area contributed by atoms with Gasteiger partial charge < -0.3 is 9.47 Å². The molecule has 0 saturated heterocycles. The Kier molecular flexibility index (Phi) is 2.77. The van der Waals surface area contributed by atoms with Crippen LogP contribution in [0.4, 0.5) is 0 Å². The molecule has 1 heterocycles. The zero-order valence-electron chi connectivity index (χ0n) is 8.69. The number of hydrogen-bond donors (Lipinski definition) is 0. The Labute approximate surface area is 89.2 Å². The molecule has 78 valence electrons. The number of hydrogen-bond acceptors (Lipinski definition) is 3. The van der Waals surface area contributed by atoms with Crippen LogP contribution in [0.25, 0.3) is 0 Å². The lowest BCUT2D eigenvalue weighted by atomic mass is 9.91. The lowest BCUT2D eigenvalue weighted by Crippen LogP contribution is -2.13. The van der Waals surface area contributed by atoms with Gasteiger partial charge in [-0.05, 0) is 18.1 Å². The zero-order valence-corrected chi connectivity index (χ0v) is 8.69. The fourth-order valence-electron chi connectivity index (χ4n) is 1.89. The third-order valence-electron chi connectivity index (χ3n) is 2.72. The average molecular weight is 203 g/mol. The van der Waals surface area contributed by atoms with Crippen LogP contribution in [0.15, 0.2) is 18.2 Å². The first-order valence-corrected chi connectivity index (χ1v) is 5.03. The molecule has 1 unspecified atom stereocenters. The first-order chi connectivity index (χ1) is 7.35. The summed E-state index contributed by atoms with van der Waals surface area (Å²) in [5.41, 5.74) is 1.13. The van der Waals surface area contributed by atoms with Crippen LogP contribution in [0.5, 0.6) is 11.5 Å². The first-order valence-electron chi connectivity index (χ1n) is 5.03. The van der Waals surface area contributed by atoms with Gasteiger partial charge >= 0.3 is 0 Å². The zero-order chi connectivity index (χ0) is 10.7. The third-order valence-corrected chi connectivity index (χ3v) is 2.72. The molecule has 0 fully saturated rings. The number of ether oxygens (including phenoxy) is 2. The van der Waals surface area contributed by atoms with Crippen LogP contribution < -0.4 is 9.47 Å². The fraction of sp³-hybridized carbons (Fsp3) is 0.417. The molecule has 3 heteroatoms. The predicted octanol–water partition coefficient (Wildman–Crippen LogP) is 2.47. The van der Waals surface area contributed by atoms with E-state index in [0.717, 1.165) is 23.5 Å². The van der Waals surface area contributed by atoms with E-state index in [-0.39, 0.29) is 0 Å². The van der Waals surface area contributed by atoms with E-state index in [0.29, 0.717) is 18.9 Å². The molecule has 1 atom stereocenters. The van der Waals surface area contributed by atoms with Gasteiger partial charge in [0.15, 0.2) is 0 Å². The molecule has 1 aliphatic heterocycles. The van der Waals surface area contributed by atoms with E-state index in [1.807, 2.05) is 18.2 Å². The second-order valence-electron chi connectivity index (χ2n) is 3.60. The van der Waals surface area contributed by atoms with E-state index in [1.165, 1.54) is 0 Å². The summed E-state index contributed by atoms with van der Waals surface area (Å²) in [6.07, 6.45) is 1.48. The molecule has 2 rings (SSSR count). The molecule has 0 aromatic heterocycles. The van der Waals surface area contributed by atoms with Gasteiger partial charge in [0.25, 0.3) is 0 Å². The van der Waals surface area contributed by atoms with Crippen molar-refractivity contribution in [1.29, 1.82) is 5.26 Å². The van der Waals surface area contributed by atoms with Gasteiger partial charge in [-0.1, -0.05) is 6.07 Å². The van der Waals surface area contributed by atoms with Crippen molar-refractivity contribution in [1.82, 2.24) is 0 Å². The van der Waals surface area contributed by atoms with E-state index in [4.69, 9.17) is 14.7 Å². The van der Waals surface area contributed by atoms with Gasteiger partial charge in [-0.25, -0.2) is 0 Å². The molecule has 1 aromatic carbocycles. The topological polar surface area (TPSA) is 42.2 Å². The second kappa shape index (κ2) is 4.22. The largest absolute Gasteiger partial charge is 0.497 e. The van der Waals surface area contributed by atoms with Gasteiger partial charge in [0.2, 0.25) is 0 Å². The number of rotatable bonds is 2. The molecule has 1 aromatic rings. The van der Waals surface area contributed by atoms with Crippen molar-refractivity contribution < 1.29 is 9.47 Å². The van der Waals surface area contributed by atoms with Crippen LogP contribution in [0.2, 0.25) is 0 Å². The Morgan fingerprint density at radius 1 is 1.60 bits per heavy atom. The lowest BCUT2D eigenvalue weighted by molar-refractivity contribution is 0.266. The molecular weight excluding hydrogens is 190 g/mol. The molecule has 0 bridgehead atoms. The van der Waals surface area contributed by atoms with E-state index in [1.54, 1.807) is 7.11 Å². The highest BCUT2D eigenvalue weighted by Crippen LogP contribution is 2.37. The number of nitrogens with zero attached hydrogens (tertiary/aromatic N) is 1. The second-order valence-corrected chi connectivity index (χ2v) is 3.60. The molecule has 0 spiro atoms. The SMILES string of the molecule is COc1ccc2c(c1)OCCC2CC#N. The molecule has 0 amide bonds. The standard InChI is InChI=1S/C12H13NO2/c1-14-10-2-3-11-9(4-6-13)5-7-15-12(11)8-10/h2-3,8-9H,4-5,7H2,1H3. The van der Waals surface area contributed by atoms with E-state index >= 15 is 0 Å². The molecule has 0 aliphatic carbocycles. The van der Waals surface area contributed by atoms with E-state index in [9.17, 15) is 0 Å². The summed E-state index contributed by atoms with van der Waals surface area (Å²) in [6.45, 7) is 0.687. The fourth-order valence-corrected chi connectivity index (χ4v) is 1.89. The van der Waals surface area contributed by atoms with Gasteiger partial charge in [0, 0.05) is 18.4 Å². The van der Waals surface area contributed by atoms with Crippen molar-refractivity contribution in [3.8, 4) is 17.6 Å². The van der Waals surface area contributed by atoms with Gasteiger partial charge in [-0.15, -0.1) is 0 Å². The highest BCUT2D eigenvalue weighted by molar-refractivity contribution is 5.44. The molecule has 0 N–H and O–H groups in total. The van der Waals surface area contributed by atoms with Crippen molar-refractivity contribution in [2.75, 3.05) is 13.7 Å². The van der Waals surface area contributed by atoms with E-state index in [2.05, 4.69) is 6.07 Å². The van der Waals surface area contributed by atoms with Crippen molar-refractivity contribution >= 4 is 0 Å². The minimum atomic E-state index is 0.310. The highest BCUT2D eigenvalue weighted by atomic mass is 16.5. The quantitative estimate of drug-likeness (QED) is 0.741. The normalized spacial score (nSPS) is 18.5. The van der Waals surface area contributed by atoms with E-state index < -0.39 is 0 Å². The molecular formula is C12H13NO2. The number of benzene rings is 1. The Morgan fingerprint density at radius 2 is 2.47 bits per heavy atom. The Hall–Kier alpha value is -1.69. The monoisotopic (exact) mass is 203 g/mol. The number of methoxy groups -OCH3 is 1. The van der Waals surface area contributed by atoms with Crippen molar-refractivity contribution in [2.45, 2.75) is 18.8 Å². The maximum atomic E-state index is 8.73. The van der Waals surface area contributed by atoms with Gasteiger partial charge in [0.1, 0.15) is 11.5 Å². The molecule has 0 radical (unpaired) electrons. The Morgan fingerprint density at radius 3 is 3.20 bits per heavy atom. The molecule has 15 heavy (non-hydrogen) atoms. The molecule has 0 saturated carbocycles. The summed E-state index contributed by atoms with van der Waals surface area (Å²) in [6, 6.07) is 8.02. The molecule has 3 nitrogen and oxygen atoms in total. The van der Waals surface area contributed by atoms with Crippen molar-refractivity contribution in [2.24, 2.45) is 0 Å². The summed E-state index contributed by atoms with van der Waals surface area (Å²) in [7, 11) is 1.64. The minimum absolute atomic E-state index is 0.310. The van der Waals surface area contributed by atoms with Crippen LogP contribution >= 0.6 is 0 Å². The molecule has 1 aliphatic rings. The summed E-state index contributed by atoms with van der Waals surface area (Å²) in [5, 5.41) is 8.73. The third kappa shape index (κ3) is 1.89. The minimum Gasteiger partial charge on any atom is -0.497 e. The van der Waals surface area contributed by atoms with Crippen LogP contribution in [0.3, 0.4) is 0 Å².